The van der Waals surface area contributed by atoms with E-state index >= 15 is 0 Å². The van der Waals surface area contributed by atoms with Crippen LogP contribution in [0.1, 0.15) is 12.8 Å². The van der Waals surface area contributed by atoms with Gasteiger partial charge < -0.3 is 15.4 Å². The fourth-order valence-electron chi connectivity index (χ4n) is 3.00. The molecule has 1 saturated heterocycles. The average molecular weight is 387 g/mol. The summed E-state index contributed by atoms with van der Waals surface area (Å²) < 4.78 is 33.3. The number of piperidine rings is 1. The van der Waals surface area contributed by atoms with Gasteiger partial charge in [0.25, 0.3) is 0 Å². The Labute approximate surface area is 156 Å². The SMILES string of the molecule is Cl.O=C(NCCOc1ccc(F)cc1F)C1(n2cccn2)CCNCC1. The van der Waals surface area contributed by atoms with Crippen molar-refractivity contribution in [2.24, 2.45) is 0 Å². The van der Waals surface area contributed by atoms with Crippen LogP contribution in [0.4, 0.5) is 8.78 Å². The second kappa shape index (κ2) is 8.95. The molecule has 0 spiro atoms. The first-order valence-electron chi connectivity index (χ1n) is 8.19. The maximum absolute atomic E-state index is 13.5. The normalized spacial score (nSPS) is 15.8. The molecule has 2 N–H and O–H groups in total. The summed E-state index contributed by atoms with van der Waals surface area (Å²) in [6.45, 7) is 1.75. The number of carbonyl (C=O) groups excluding carboxylic acids is 1. The summed E-state index contributed by atoms with van der Waals surface area (Å²) in [4.78, 5) is 12.8. The zero-order valence-electron chi connectivity index (χ0n) is 14.1. The molecule has 2 heterocycles. The zero-order valence-corrected chi connectivity index (χ0v) is 14.9. The van der Waals surface area contributed by atoms with Crippen molar-refractivity contribution in [2.45, 2.75) is 18.4 Å². The van der Waals surface area contributed by atoms with Crippen molar-refractivity contribution in [3.63, 3.8) is 0 Å². The molecule has 2 aromatic rings. The highest BCUT2D eigenvalue weighted by atomic mass is 35.5. The molecule has 0 radical (unpaired) electrons. The third-order valence-electron chi connectivity index (χ3n) is 4.34. The minimum atomic E-state index is -0.766. The van der Waals surface area contributed by atoms with Crippen molar-refractivity contribution in [1.82, 2.24) is 20.4 Å². The van der Waals surface area contributed by atoms with Gasteiger partial charge in [-0.3, -0.25) is 9.48 Å². The van der Waals surface area contributed by atoms with Crippen LogP contribution in [0.3, 0.4) is 0 Å². The Kier molecular flexibility index (Phi) is 6.93. The lowest BCUT2D eigenvalue weighted by molar-refractivity contribution is -0.132. The largest absolute Gasteiger partial charge is 0.489 e. The van der Waals surface area contributed by atoms with E-state index in [1.54, 1.807) is 23.1 Å². The molecule has 0 unspecified atom stereocenters. The Hall–Kier alpha value is -2.19. The van der Waals surface area contributed by atoms with Crippen molar-refractivity contribution in [3.8, 4) is 5.75 Å². The minimum absolute atomic E-state index is 0. The van der Waals surface area contributed by atoms with E-state index < -0.39 is 17.2 Å². The molecule has 1 aromatic carbocycles. The number of benzene rings is 1. The predicted molar refractivity (Wildman–Crippen MR) is 94.4 cm³/mol. The van der Waals surface area contributed by atoms with Crippen molar-refractivity contribution in [3.05, 3.63) is 48.3 Å². The molecule has 1 amide bonds. The monoisotopic (exact) mass is 386 g/mol. The zero-order chi connectivity index (χ0) is 17.7. The van der Waals surface area contributed by atoms with Gasteiger partial charge >= 0.3 is 0 Å². The van der Waals surface area contributed by atoms with Crippen molar-refractivity contribution >= 4 is 18.3 Å². The second-order valence-electron chi connectivity index (χ2n) is 5.91. The topological polar surface area (TPSA) is 68.2 Å². The molecule has 0 saturated carbocycles. The van der Waals surface area contributed by atoms with Crippen LogP contribution >= 0.6 is 12.4 Å². The third kappa shape index (κ3) is 4.31. The number of ether oxygens (including phenoxy) is 1. The van der Waals surface area contributed by atoms with E-state index in [9.17, 15) is 13.6 Å². The van der Waals surface area contributed by atoms with E-state index in [2.05, 4.69) is 15.7 Å². The van der Waals surface area contributed by atoms with Crippen molar-refractivity contribution in [2.75, 3.05) is 26.2 Å². The first-order chi connectivity index (χ1) is 12.1. The number of halogens is 3. The Morgan fingerprint density at radius 1 is 1.35 bits per heavy atom. The molecule has 0 bridgehead atoms. The van der Waals surface area contributed by atoms with Gasteiger partial charge in [0.15, 0.2) is 11.6 Å². The lowest BCUT2D eigenvalue weighted by Crippen LogP contribution is -2.55. The Morgan fingerprint density at radius 2 is 2.12 bits per heavy atom. The van der Waals surface area contributed by atoms with Gasteiger partial charge in [-0.25, -0.2) is 8.78 Å². The number of nitrogens with one attached hydrogen (secondary N) is 2. The Morgan fingerprint density at radius 3 is 2.77 bits per heavy atom. The van der Waals surface area contributed by atoms with E-state index in [1.807, 2.05) is 0 Å². The van der Waals surface area contributed by atoms with Crippen LogP contribution in [0.5, 0.6) is 5.75 Å². The van der Waals surface area contributed by atoms with Gasteiger partial charge in [0.05, 0.1) is 6.54 Å². The summed E-state index contributed by atoms with van der Waals surface area (Å²) in [6.07, 6.45) is 4.70. The highest BCUT2D eigenvalue weighted by Gasteiger charge is 2.41. The molecular weight excluding hydrogens is 366 g/mol. The summed E-state index contributed by atoms with van der Waals surface area (Å²) in [6, 6.07) is 4.90. The highest BCUT2D eigenvalue weighted by molar-refractivity contribution is 5.85. The van der Waals surface area contributed by atoms with Crippen LogP contribution < -0.4 is 15.4 Å². The van der Waals surface area contributed by atoms with Crippen LogP contribution in [0.2, 0.25) is 0 Å². The average Bonchev–Trinajstić information content (AvgIpc) is 3.16. The molecule has 0 aliphatic carbocycles. The molecule has 1 aliphatic rings. The molecule has 0 atom stereocenters. The van der Waals surface area contributed by atoms with E-state index in [-0.39, 0.29) is 37.2 Å². The van der Waals surface area contributed by atoms with Crippen molar-refractivity contribution < 1.29 is 18.3 Å². The fourth-order valence-corrected chi connectivity index (χ4v) is 3.00. The lowest BCUT2D eigenvalue weighted by atomic mass is 9.87. The maximum atomic E-state index is 13.5. The molecule has 1 fully saturated rings. The number of hydrogen-bond donors (Lipinski definition) is 2. The molecular formula is C17H21ClF2N4O2. The molecule has 6 nitrogen and oxygen atoms in total. The van der Waals surface area contributed by atoms with Crippen LogP contribution in [0, 0.1) is 11.6 Å². The van der Waals surface area contributed by atoms with Crippen LogP contribution in [0.25, 0.3) is 0 Å². The fraction of sp³-hybridized carbons (Fsp3) is 0.412. The van der Waals surface area contributed by atoms with Gasteiger partial charge in [0.2, 0.25) is 5.91 Å². The number of nitrogens with zero attached hydrogens (tertiary/aromatic N) is 2. The lowest BCUT2D eigenvalue weighted by Gasteiger charge is -2.36. The van der Waals surface area contributed by atoms with E-state index in [1.165, 1.54) is 6.07 Å². The first-order valence-corrected chi connectivity index (χ1v) is 8.19. The van der Waals surface area contributed by atoms with Crippen LogP contribution in [0.15, 0.2) is 36.7 Å². The van der Waals surface area contributed by atoms with Gasteiger partial charge in [0.1, 0.15) is 18.0 Å². The maximum Gasteiger partial charge on any atom is 0.248 e. The molecule has 26 heavy (non-hydrogen) atoms. The number of aromatic nitrogens is 2. The summed E-state index contributed by atoms with van der Waals surface area (Å²) in [7, 11) is 0. The Bertz CT molecular complexity index is 722. The molecule has 9 heteroatoms. The van der Waals surface area contributed by atoms with E-state index in [0.717, 1.165) is 25.2 Å². The van der Waals surface area contributed by atoms with E-state index in [4.69, 9.17) is 4.74 Å². The van der Waals surface area contributed by atoms with Gasteiger partial charge in [-0.1, -0.05) is 0 Å². The summed E-state index contributed by atoms with van der Waals surface area (Å²) >= 11 is 0. The van der Waals surface area contributed by atoms with Gasteiger partial charge in [-0.15, -0.1) is 12.4 Å². The second-order valence-corrected chi connectivity index (χ2v) is 5.91. The van der Waals surface area contributed by atoms with Crippen LogP contribution in [-0.4, -0.2) is 41.9 Å². The number of carbonyl (C=O) groups is 1. The minimum Gasteiger partial charge on any atom is -0.489 e. The predicted octanol–water partition coefficient (Wildman–Crippen LogP) is 1.86. The first kappa shape index (κ1) is 20.1. The quantitative estimate of drug-likeness (QED) is 0.744. The molecule has 142 valence electrons. The Balaban J connectivity index is 0.00000243. The molecule has 1 aromatic heterocycles. The smallest absolute Gasteiger partial charge is 0.248 e. The van der Waals surface area contributed by atoms with Gasteiger partial charge in [-0.2, -0.15) is 5.10 Å². The number of hydrogen-bond acceptors (Lipinski definition) is 4. The molecule has 1 aliphatic heterocycles. The number of rotatable bonds is 6. The summed E-state index contributed by atoms with van der Waals surface area (Å²) in [5.41, 5.74) is -0.726. The molecule has 3 rings (SSSR count). The van der Waals surface area contributed by atoms with Gasteiger partial charge in [0, 0.05) is 18.5 Å². The standard InChI is InChI=1S/C17H20F2N4O2.ClH/c18-13-2-3-15(14(19)12-13)25-11-9-21-16(24)17(4-7-20-8-5-17)23-10-1-6-22-23;/h1-3,6,10,12,20H,4-5,7-9,11H2,(H,21,24);1H. The summed E-state index contributed by atoms with van der Waals surface area (Å²) in [5, 5.41) is 10.3. The van der Waals surface area contributed by atoms with Crippen LogP contribution in [-0.2, 0) is 10.3 Å². The van der Waals surface area contributed by atoms with Gasteiger partial charge in [-0.05, 0) is 44.1 Å². The highest BCUT2D eigenvalue weighted by Crippen LogP contribution is 2.27. The summed E-state index contributed by atoms with van der Waals surface area (Å²) in [5.74, 6) is -1.61. The third-order valence-corrected chi connectivity index (χ3v) is 4.34. The number of amides is 1. The van der Waals surface area contributed by atoms with Crippen molar-refractivity contribution in [1.29, 1.82) is 0 Å². The van der Waals surface area contributed by atoms with E-state index in [0.29, 0.717) is 12.8 Å².